The number of aryl methyl sites for hydroxylation is 2. The first-order valence-electron chi connectivity index (χ1n) is 10.7. The molecular weight excluding hydrogens is 480 g/mol. The molecule has 0 spiro atoms. The van der Waals surface area contributed by atoms with Crippen LogP contribution in [0.2, 0.25) is 0 Å². The highest BCUT2D eigenvalue weighted by molar-refractivity contribution is 9.10. The number of fused-ring (bicyclic) bond motifs is 1. The molecule has 0 radical (unpaired) electrons. The summed E-state index contributed by atoms with van der Waals surface area (Å²) in [6, 6.07) is 22.7. The minimum absolute atomic E-state index is 0.377. The fraction of sp³-hybridized carbons (Fsp3) is 0.148. The average Bonchev–Trinajstić information content (AvgIpc) is 2.83. The van der Waals surface area contributed by atoms with E-state index in [4.69, 9.17) is 9.72 Å². The van der Waals surface area contributed by atoms with Crippen molar-refractivity contribution >= 4 is 44.4 Å². The molecule has 33 heavy (non-hydrogen) atoms. The molecule has 3 aromatic carbocycles. The Bertz CT molecular complexity index is 1330. The van der Waals surface area contributed by atoms with Crippen LogP contribution >= 0.6 is 15.9 Å². The second-order valence-corrected chi connectivity index (χ2v) is 8.63. The Hall–Kier alpha value is -3.51. The summed E-state index contributed by atoms with van der Waals surface area (Å²) in [5.74, 6) is -0.957. The maximum atomic E-state index is 13.0. The third kappa shape index (κ3) is 5.29. The van der Waals surface area contributed by atoms with Crippen LogP contribution in [0.5, 0.6) is 0 Å². The van der Waals surface area contributed by atoms with Crippen LogP contribution in [0.15, 0.2) is 77.3 Å². The number of nitrogens with zero attached hydrogens (tertiary/aromatic N) is 1. The summed E-state index contributed by atoms with van der Waals surface area (Å²) >= 11 is 3.44. The monoisotopic (exact) mass is 502 g/mol. The van der Waals surface area contributed by atoms with Gasteiger partial charge in [-0.1, -0.05) is 70.9 Å². The molecule has 0 aliphatic rings. The molecule has 1 aromatic heterocycles. The fourth-order valence-corrected chi connectivity index (χ4v) is 4.00. The number of carbonyl (C=O) groups excluding carboxylic acids is 2. The zero-order valence-corrected chi connectivity index (χ0v) is 20.0. The van der Waals surface area contributed by atoms with Gasteiger partial charge in [-0.05, 0) is 49.2 Å². The standard InChI is InChI=1S/C27H23BrN2O3/c1-3-18-14-20(28)12-13-23(18)30-26(31)16-33-27(32)22-15-25(19-10-8-17(2)9-11-19)29-24-7-5-4-6-21(22)24/h4-15H,3,16H2,1-2H3,(H,30,31). The van der Waals surface area contributed by atoms with E-state index < -0.39 is 11.9 Å². The van der Waals surface area contributed by atoms with Crippen molar-refractivity contribution in [3.05, 3.63) is 94.0 Å². The van der Waals surface area contributed by atoms with Crippen LogP contribution in [0.25, 0.3) is 22.2 Å². The molecule has 1 heterocycles. The predicted octanol–water partition coefficient (Wildman–Crippen LogP) is 6.33. The van der Waals surface area contributed by atoms with Crippen molar-refractivity contribution in [2.75, 3.05) is 11.9 Å². The Kier molecular flexibility index (Phi) is 6.84. The number of para-hydroxylation sites is 1. The Morgan fingerprint density at radius 3 is 2.52 bits per heavy atom. The van der Waals surface area contributed by atoms with Gasteiger partial charge in [0.25, 0.3) is 5.91 Å². The number of pyridine rings is 1. The molecule has 5 nitrogen and oxygen atoms in total. The topological polar surface area (TPSA) is 68.3 Å². The van der Waals surface area contributed by atoms with Gasteiger partial charge in [0.05, 0.1) is 16.8 Å². The molecule has 0 fully saturated rings. The average molecular weight is 503 g/mol. The summed E-state index contributed by atoms with van der Waals surface area (Å²) in [5.41, 5.74) is 5.48. The lowest BCUT2D eigenvalue weighted by molar-refractivity contribution is -0.119. The minimum Gasteiger partial charge on any atom is -0.452 e. The van der Waals surface area contributed by atoms with Crippen molar-refractivity contribution in [2.45, 2.75) is 20.3 Å². The van der Waals surface area contributed by atoms with Crippen LogP contribution in [0.1, 0.15) is 28.4 Å². The number of hydrogen-bond donors (Lipinski definition) is 1. The number of ether oxygens (including phenoxy) is 1. The van der Waals surface area contributed by atoms with E-state index in [0.717, 1.165) is 27.6 Å². The van der Waals surface area contributed by atoms with E-state index in [1.54, 1.807) is 6.07 Å². The largest absolute Gasteiger partial charge is 0.452 e. The van der Waals surface area contributed by atoms with E-state index in [-0.39, 0.29) is 6.61 Å². The van der Waals surface area contributed by atoms with Crippen molar-refractivity contribution in [2.24, 2.45) is 0 Å². The molecule has 6 heteroatoms. The maximum Gasteiger partial charge on any atom is 0.339 e. The van der Waals surface area contributed by atoms with Gasteiger partial charge in [-0.25, -0.2) is 9.78 Å². The normalized spacial score (nSPS) is 10.8. The van der Waals surface area contributed by atoms with Gasteiger partial charge in [0, 0.05) is 21.1 Å². The fourth-order valence-electron chi connectivity index (χ4n) is 3.59. The molecule has 0 saturated heterocycles. The van der Waals surface area contributed by atoms with Crippen LogP contribution in [0, 0.1) is 6.92 Å². The molecule has 0 unspecified atom stereocenters. The Labute approximate surface area is 200 Å². The van der Waals surface area contributed by atoms with Gasteiger partial charge in [0.2, 0.25) is 0 Å². The van der Waals surface area contributed by atoms with E-state index >= 15 is 0 Å². The number of hydrogen-bond acceptors (Lipinski definition) is 4. The lowest BCUT2D eigenvalue weighted by Crippen LogP contribution is -2.21. The van der Waals surface area contributed by atoms with Gasteiger partial charge in [0.1, 0.15) is 0 Å². The van der Waals surface area contributed by atoms with E-state index in [2.05, 4.69) is 21.2 Å². The van der Waals surface area contributed by atoms with Gasteiger partial charge in [-0.3, -0.25) is 4.79 Å². The van der Waals surface area contributed by atoms with Crippen LogP contribution in [-0.2, 0) is 16.0 Å². The summed E-state index contributed by atoms with van der Waals surface area (Å²) in [6.45, 7) is 3.65. The Balaban J connectivity index is 1.55. The molecule has 0 aliphatic heterocycles. The molecular formula is C27H23BrN2O3. The number of halogens is 1. The zero-order chi connectivity index (χ0) is 23.4. The van der Waals surface area contributed by atoms with Crippen molar-refractivity contribution < 1.29 is 14.3 Å². The second kappa shape index (κ2) is 9.96. The molecule has 1 amide bonds. The first kappa shape index (κ1) is 22.7. The Morgan fingerprint density at radius 1 is 1.00 bits per heavy atom. The van der Waals surface area contributed by atoms with Crippen LogP contribution in [0.3, 0.4) is 0 Å². The maximum absolute atomic E-state index is 13.0. The van der Waals surface area contributed by atoms with Crippen LogP contribution < -0.4 is 5.32 Å². The van der Waals surface area contributed by atoms with Crippen molar-refractivity contribution in [1.29, 1.82) is 0 Å². The van der Waals surface area contributed by atoms with Crippen LogP contribution in [0.4, 0.5) is 5.69 Å². The van der Waals surface area contributed by atoms with Gasteiger partial charge >= 0.3 is 5.97 Å². The summed E-state index contributed by atoms with van der Waals surface area (Å²) in [4.78, 5) is 30.2. The number of nitrogens with one attached hydrogen (secondary N) is 1. The summed E-state index contributed by atoms with van der Waals surface area (Å²) in [7, 11) is 0. The van der Waals surface area contributed by atoms with E-state index in [0.29, 0.717) is 27.8 Å². The van der Waals surface area contributed by atoms with E-state index in [1.807, 2.05) is 80.6 Å². The molecule has 4 aromatic rings. The first-order chi connectivity index (χ1) is 15.9. The van der Waals surface area contributed by atoms with Gasteiger partial charge in [-0.2, -0.15) is 0 Å². The number of aromatic nitrogens is 1. The molecule has 0 bridgehead atoms. The molecule has 0 saturated carbocycles. The lowest BCUT2D eigenvalue weighted by Gasteiger charge is -2.12. The smallest absolute Gasteiger partial charge is 0.339 e. The number of carbonyl (C=O) groups is 2. The quantitative estimate of drug-likeness (QED) is 0.312. The molecule has 166 valence electrons. The Morgan fingerprint density at radius 2 is 1.76 bits per heavy atom. The second-order valence-electron chi connectivity index (χ2n) is 7.72. The third-order valence-corrected chi connectivity index (χ3v) is 5.83. The van der Waals surface area contributed by atoms with Crippen molar-refractivity contribution in [3.8, 4) is 11.3 Å². The molecule has 0 atom stereocenters. The van der Waals surface area contributed by atoms with Gasteiger partial charge in [-0.15, -0.1) is 0 Å². The zero-order valence-electron chi connectivity index (χ0n) is 18.4. The minimum atomic E-state index is -0.566. The van der Waals surface area contributed by atoms with E-state index in [1.165, 1.54) is 0 Å². The highest BCUT2D eigenvalue weighted by atomic mass is 79.9. The lowest BCUT2D eigenvalue weighted by atomic mass is 10.0. The third-order valence-electron chi connectivity index (χ3n) is 5.34. The summed E-state index contributed by atoms with van der Waals surface area (Å²) in [5, 5.41) is 3.51. The van der Waals surface area contributed by atoms with Gasteiger partial charge < -0.3 is 10.1 Å². The van der Waals surface area contributed by atoms with E-state index in [9.17, 15) is 9.59 Å². The molecule has 0 aliphatic carbocycles. The predicted molar refractivity (Wildman–Crippen MR) is 134 cm³/mol. The molecule has 4 rings (SSSR count). The number of rotatable bonds is 6. The van der Waals surface area contributed by atoms with Crippen molar-refractivity contribution in [1.82, 2.24) is 4.98 Å². The van der Waals surface area contributed by atoms with Gasteiger partial charge in [0.15, 0.2) is 6.61 Å². The number of amides is 1. The van der Waals surface area contributed by atoms with Crippen LogP contribution in [-0.4, -0.2) is 23.5 Å². The summed E-state index contributed by atoms with van der Waals surface area (Å²) < 4.78 is 6.33. The number of benzene rings is 3. The SMILES string of the molecule is CCc1cc(Br)ccc1NC(=O)COC(=O)c1cc(-c2ccc(C)cc2)nc2ccccc12. The highest BCUT2D eigenvalue weighted by Gasteiger charge is 2.17. The van der Waals surface area contributed by atoms with Crippen molar-refractivity contribution in [3.63, 3.8) is 0 Å². The number of esters is 1. The highest BCUT2D eigenvalue weighted by Crippen LogP contribution is 2.26. The molecule has 1 N–H and O–H groups in total. The first-order valence-corrected chi connectivity index (χ1v) is 11.5. The number of anilines is 1. The summed E-state index contributed by atoms with van der Waals surface area (Å²) in [6.07, 6.45) is 0.764.